The van der Waals surface area contributed by atoms with Crippen molar-refractivity contribution in [1.29, 1.82) is 0 Å². The van der Waals surface area contributed by atoms with E-state index in [1.807, 2.05) is 44.2 Å². The molecule has 0 saturated heterocycles. The largest absolute Gasteiger partial charge is 0.493 e. The molecule has 10 heteroatoms. The van der Waals surface area contributed by atoms with Gasteiger partial charge in [0.2, 0.25) is 23.0 Å². The Morgan fingerprint density at radius 1 is 1.05 bits per heavy atom. The highest BCUT2D eigenvalue weighted by molar-refractivity contribution is 5.86. The van der Waals surface area contributed by atoms with Crippen LogP contribution in [0.25, 0.3) is 11.1 Å². The van der Waals surface area contributed by atoms with Crippen LogP contribution >= 0.6 is 0 Å². The van der Waals surface area contributed by atoms with Crippen LogP contribution in [0.4, 0.5) is 5.69 Å². The lowest BCUT2D eigenvalue weighted by Gasteiger charge is -2.24. The molecule has 3 N–H and O–H groups in total. The smallest absolute Gasteiger partial charge is 0.242 e. The molecule has 0 spiro atoms. The Balaban J connectivity index is 1.77. The number of amides is 2. The minimum Gasteiger partial charge on any atom is -0.493 e. The highest BCUT2D eigenvalue weighted by atomic mass is 16.5. The van der Waals surface area contributed by atoms with Gasteiger partial charge in [0.15, 0.2) is 11.5 Å². The van der Waals surface area contributed by atoms with Crippen LogP contribution in [0, 0.1) is 5.92 Å². The molecule has 10 nitrogen and oxygen atoms in total. The van der Waals surface area contributed by atoms with Gasteiger partial charge in [0.25, 0.3) is 0 Å². The summed E-state index contributed by atoms with van der Waals surface area (Å²) in [6.45, 7) is 5.87. The Morgan fingerprint density at radius 2 is 1.82 bits per heavy atom. The number of carbonyl (C=O) groups excluding carboxylic acids is 2. The third-order valence-electron chi connectivity index (χ3n) is 8.13. The zero-order chi connectivity index (χ0) is 31.8. The first kappa shape index (κ1) is 32.3. The van der Waals surface area contributed by atoms with Crippen molar-refractivity contribution in [2.24, 2.45) is 5.92 Å². The molecule has 4 rings (SSSR count). The predicted octanol–water partition coefficient (Wildman–Crippen LogP) is 4.44. The summed E-state index contributed by atoms with van der Waals surface area (Å²) in [6, 6.07) is 11.6. The number of aromatic nitrogens is 1. The van der Waals surface area contributed by atoms with Gasteiger partial charge < -0.3 is 30.2 Å². The second kappa shape index (κ2) is 14.7. The SMILES string of the molecule is CC[C@@H](C)[C@H](Nc1ccc2c(cc1=O)[C@@H](NC(C)=O)CCc1cc(OC)c(OC)c(OC)c1-2)C(=O)NCCc1ccccn1. The fourth-order valence-electron chi connectivity index (χ4n) is 5.67. The minimum absolute atomic E-state index is 0.0581. The second-order valence-corrected chi connectivity index (χ2v) is 11.0. The Morgan fingerprint density at radius 3 is 2.45 bits per heavy atom. The Labute approximate surface area is 258 Å². The average Bonchev–Trinajstić information content (AvgIpc) is 3.26. The minimum atomic E-state index is -0.643. The zero-order valence-corrected chi connectivity index (χ0v) is 26.3. The topological polar surface area (TPSA) is 128 Å². The van der Waals surface area contributed by atoms with Gasteiger partial charge in [0.1, 0.15) is 6.04 Å². The molecule has 0 radical (unpaired) electrons. The van der Waals surface area contributed by atoms with Crippen LogP contribution in [0.2, 0.25) is 0 Å². The number of nitrogens with zero attached hydrogens (tertiary/aromatic N) is 1. The lowest BCUT2D eigenvalue weighted by Crippen LogP contribution is -2.45. The van der Waals surface area contributed by atoms with E-state index in [9.17, 15) is 14.4 Å². The van der Waals surface area contributed by atoms with Crippen molar-refractivity contribution < 1.29 is 23.8 Å². The molecule has 1 aromatic heterocycles. The highest BCUT2D eigenvalue weighted by Crippen LogP contribution is 2.50. The van der Waals surface area contributed by atoms with Crippen molar-refractivity contribution in [1.82, 2.24) is 15.6 Å². The maximum Gasteiger partial charge on any atom is 0.242 e. The lowest BCUT2D eigenvalue weighted by atomic mass is 9.95. The van der Waals surface area contributed by atoms with Crippen molar-refractivity contribution >= 4 is 17.5 Å². The van der Waals surface area contributed by atoms with Gasteiger partial charge in [0.05, 0.1) is 33.1 Å². The van der Waals surface area contributed by atoms with Gasteiger partial charge in [0, 0.05) is 37.3 Å². The van der Waals surface area contributed by atoms with Gasteiger partial charge in [-0.2, -0.15) is 0 Å². The van der Waals surface area contributed by atoms with Gasteiger partial charge in [-0.1, -0.05) is 32.4 Å². The maximum absolute atomic E-state index is 13.8. The molecule has 0 bridgehead atoms. The molecule has 0 aliphatic heterocycles. The first-order valence-corrected chi connectivity index (χ1v) is 14.9. The predicted molar refractivity (Wildman–Crippen MR) is 170 cm³/mol. The molecule has 1 aliphatic carbocycles. The summed E-state index contributed by atoms with van der Waals surface area (Å²) in [7, 11) is 4.67. The van der Waals surface area contributed by atoms with E-state index < -0.39 is 12.1 Å². The van der Waals surface area contributed by atoms with Crippen LogP contribution in [0.3, 0.4) is 0 Å². The number of nitrogens with one attached hydrogen (secondary N) is 3. The molecule has 0 fully saturated rings. The number of anilines is 1. The summed E-state index contributed by atoms with van der Waals surface area (Å²) in [5.74, 6) is 0.986. The summed E-state index contributed by atoms with van der Waals surface area (Å²) in [5, 5.41) is 9.28. The summed E-state index contributed by atoms with van der Waals surface area (Å²) in [6.07, 6.45) is 4.21. The number of hydrogen-bond donors (Lipinski definition) is 3. The van der Waals surface area contributed by atoms with E-state index in [4.69, 9.17) is 14.2 Å². The van der Waals surface area contributed by atoms with Gasteiger partial charge in [-0.25, -0.2) is 0 Å². The summed E-state index contributed by atoms with van der Waals surface area (Å²) in [4.78, 5) is 43.8. The number of benzene rings is 1. The van der Waals surface area contributed by atoms with Gasteiger partial charge in [-0.05, 0) is 65.8 Å². The third-order valence-corrected chi connectivity index (χ3v) is 8.13. The van der Waals surface area contributed by atoms with Crippen LogP contribution in [0.15, 0.2) is 53.5 Å². The number of carbonyl (C=O) groups is 2. The molecule has 234 valence electrons. The molecule has 3 atom stereocenters. The van der Waals surface area contributed by atoms with Crippen LogP contribution in [-0.4, -0.2) is 50.7 Å². The molecule has 2 amide bonds. The summed E-state index contributed by atoms with van der Waals surface area (Å²) in [5.41, 5.74) is 3.95. The van der Waals surface area contributed by atoms with E-state index in [1.165, 1.54) is 6.92 Å². The van der Waals surface area contributed by atoms with Crippen LogP contribution in [0.5, 0.6) is 17.2 Å². The fraction of sp³-hybridized carbons (Fsp3) is 0.412. The van der Waals surface area contributed by atoms with Crippen LogP contribution in [0.1, 0.15) is 56.5 Å². The third kappa shape index (κ3) is 7.12. The molecular weight excluding hydrogens is 560 g/mol. The number of methoxy groups -OCH3 is 3. The number of ether oxygens (including phenoxy) is 3. The van der Waals surface area contributed by atoms with Crippen molar-refractivity contribution in [3.63, 3.8) is 0 Å². The lowest BCUT2D eigenvalue weighted by molar-refractivity contribution is -0.123. The second-order valence-electron chi connectivity index (χ2n) is 11.0. The molecule has 1 aliphatic rings. The van der Waals surface area contributed by atoms with Crippen molar-refractivity contribution in [3.8, 4) is 28.4 Å². The Kier molecular flexibility index (Phi) is 10.8. The van der Waals surface area contributed by atoms with Crippen molar-refractivity contribution in [2.75, 3.05) is 33.2 Å². The van der Waals surface area contributed by atoms with E-state index in [2.05, 4.69) is 20.9 Å². The summed E-state index contributed by atoms with van der Waals surface area (Å²) < 4.78 is 17.1. The Hall–Kier alpha value is -4.60. The molecule has 0 unspecified atom stereocenters. The molecule has 3 aromatic rings. The van der Waals surface area contributed by atoms with E-state index in [0.717, 1.165) is 28.8 Å². The molecule has 0 saturated carbocycles. The van der Waals surface area contributed by atoms with E-state index in [1.54, 1.807) is 39.7 Å². The van der Waals surface area contributed by atoms with Crippen molar-refractivity contribution in [2.45, 2.75) is 58.5 Å². The zero-order valence-electron chi connectivity index (χ0n) is 26.3. The monoisotopic (exact) mass is 602 g/mol. The number of hydrogen-bond acceptors (Lipinski definition) is 8. The van der Waals surface area contributed by atoms with Crippen LogP contribution < -0.4 is 35.6 Å². The summed E-state index contributed by atoms with van der Waals surface area (Å²) >= 11 is 0. The average molecular weight is 603 g/mol. The van der Waals surface area contributed by atoms with E-state index in [0.29, 0.717) is 48.6 Å². The molecule has 44 heavy (non-hydrogen) atoms. The normalized spacial score (nSPS) is 15.0. The number of rotatable bonds is 12. The first-order valence-electron chi connectivity index (χ1n) is 14.9. The molecular formula is C34H42N4O6. The number of aryl methyl sites for hydroxylation is 1. The molecule has 2 aromatic carbocycles. The van der Waals surface area contributed by atoms with E-state index in [-0.39, 0.29) is 28.8 Å². The van der Waals surface area contributed by atoms with Gasteiger partial charge >= 0.3 is 0 Å². The maximum atomic E-state index is 13.8. The van der Waals surface area contributed by atoms with Gasteiger partial charge in [-0.3, -0.25) is 19.4 Å². The van der Waals surface area contributed by atoms with Crippen LogP contribution in [-0.2, 0) is 22.4 Å². The number of fused-ring (bicyclic) bond motifs is 3. The molecule has 1 heterocycles. The van der Waals surface area contributed by atoms with E-state index >= 15 is 0 Å². The van der Waals surface area contributed by atoms with Crippen molar-refractivity contribution in [3.05, 3.63) is 75.7 Å². The van der Waals surface area contributed by atoms with Gasteiger partial charge in [-0.15, -0.1) is 0 Å². The Bertz CT molecular complexity index is 1550. The first-order chi connectivity index (χ1) is 21.2. The number of pyridine rings is 1. The highest BCUT2D eigenvalue weighted by Gasteiger charge is 2.30. The quantitative estimate of drug-likeness (QED) is 0.278. The fourth-order valence-corrected chi connectivity index (χ4v) is 5.67. The standard InChI is InChI=1S/C34H42N4O6/c1-7-20(2)31(34(41)36-17-15-23-10-8-9-16-35-23)38-27-14-12-24-25(19-28(27)40)26(37-21(3)39)13-11-22-18-29(42-4)32(43-5)33(44-6)30(22)24/h8-10,12,14,16,18-20,26,31H,7,11,13,15,17H2,1-6H3,(H,36,41)(H,37,39)(H,38,40)/t20-,26+,31+/m1/s1.